The summed E-state index contributed by atoms with van der Waals surface area (Å²) in [6.07, 6.45) is 10.8. The zero-order valence-electron chi connectivity index (χ0n) is 12.8. The molecule has 0 saturated heterocycles. The predicted octanol–water partition coefficient (Wildman–Crippen LogP) is 3.08. The molecular weight excluding hydrogens is 268 g/mol. The van der Waals surface area contributed by atoms with Crippen LogP contribution in [-0.4, -0.2) is 29.0 Å². The number of unbranched alkanes of at least 4 members (excludes halogenated alkanes) is 2. The number of hydrogen-bond acceptors (Lipinski definition) is 3. The van der Waals surface area contributed by atoms with Crippen molar-refractivity contribution in [2.24, 2.45) is 11.7 Å². The van der Waals surface area contributed by atoms with E-state index in [1.54, 1.807) is 0 Å². The Hall–Kier alpha value is -0.220. The van der Waals surface area contributed by atoms with E-state index in [2.05, 4.69) is 12.2 Å². The van der Waals surface area contributed by atoms with Crippen molar-refractivity contribution in [1.29, 1.82) is 0 Å². The molecule has 116 valence electrons. The zero-order chi connectivity index (χ0) is 14.4. The summed E-state index contributed by atoms with van der Waals surface area (Å²) in [4.78, 5) is 12.0. The Balaban J connectivity index is 1.77. The molecule has 2 aliphatic carbocycles. The van der Waals surface area contributed by atoms with E-state index in [1.165, 1.54) is 43.6 Å². The highest BCUT2D eigenvalue weighted by Crippen LogP contribution is 2.40. The minimum Gasteiger partial charge on any atom is -0.368 e. The van der Waals surface area contributed by atoms with Gasteiger partial charge in [-0.1, -0.05) is 26.2 Å². The normalized spacial score (nSPS) is 29.8. The van der Waals surface area contributed by atoms with Crippen LogP contribution in [0.3, 0.4) is 0 Å². The number of primary amides is 1. The highest BCUT2D eigenvalue weighted by molar-refractivity contribution is 7.99. The first-order valence-corrected chi connectivity index (χ1v) is 9.50. The highest BCUT2D eigenvalue weighted by atomic mass is 32.2. The Bertz CT molecular complexity index is 320. The standard InChI is InChI=1S/C16H30N2OS/c1-2-3-4-11-20-12-9-13-6-5-10-16(13,15(17)19)18-14-7-8-14/h13-14,18H,2-12H2,1H3,(H2,17,19). The molecule has 0 aliphatic heterocycles. The molecule has 20 heavy (non-hydrogen) atoms. The van der Waals surface area contributed by atoms with Gasteiger partial charge in [-0.2, -0.15) is 11.8 Å². The fraction of sp³-hybridized carbons (Fsp3) is 0.938. The van der Waals surface area contributed by atoms with Crippen LogP contribution in [0.25, 0.3) is 0 Å². The second kappa shape index (κ2) is 7.69. The highest BCUT2D eigenvalue weighted by Gasteiger charge is 2.49. The van der Waals surface area contributed by atoms with E-state index in [9.17, 15) is 4.79 Å². The number of hydrogen-bond donors (Lipinski definition) is 2. The molecule has 0 aromatic heterocycles. The number of nitrogens with two attached hydrogens (primary N) is 1. The van der Waals surface area contributed by atoms with E-state index in [1.807, 2.05) is 11.8 Å². The van der Waals surface area contributed by atoms with Crippen LogP contribution in [0.5, 0.6) is 0 Å². The molecule has 2 fully saturated rings. The van der Waals surface area contributed by atoms with Gasteiger partial charge in [0.25, 0.3) is 0 Å². The maximum absolute atomic E-state index is 12.0. The molecule has 0 spiro atoms. The number of amides is 1. The van der Waals surface area contributed by atoms with Crippen LogP contribution in [-0.2, 0) is 4.79 Å². The van der Waals surface area contributed by atoms with Crippen LogP contribution in [0.1, 0.15) is 64.7 Å². The first kappa shape index (κ1) is 16.2. The number of rotatable bonds is 10. The maximum atomic E-state index is 12.0. The first-order chi connectivity index (χ1) is 9.69. The monoisotopic (exact) mass is 298 g/mol. The smallest absolute Gasteiger partial charge is 0.238 e. The zero-order valence-corrected chi connectivity index (χ0v) is 13.6. The van der Waals surface area contributed by atoms with Crippen molar-refractivity contribution in [1.82, 2.24) is 5.32 Å². The third-order valence-corrected chi connectivity index (χ3v) is 5.90. The van der Waals surface area contributed by atoms with Gasteiger partial charge in [0.2, 0.25) is 5.91 Å². The summed E-state index contributed by atoms with van der Waals surface area (Å²) in [5.41, 5.74) is 5.38. The second-order valence-corrected chi connectivity index (χ2v) is 7.68. The minimum absolute atomic E-state index is 0.108. The SMILES string of the molecule is CCCCCSCCC1CCCC1(NC1CC1)C(N)=O. The molecule has 2 saturated carbocycles. The molecule has 0 heterocycles. The summed E-state index contributed by atoms with van der Waals surface area (Å²) in [7, 11) is 0. The van der Waals surface area contributed by atoms with Crippen LogP contribution in [0.15, 0.2) is 0 Å². The minimum atomic E-state index is -0.384. The van der Waals surface area contributed by atoms with Gasteiger partial charge in [0.1, 0.15) is 5.54 Å². The molecule has 3 N–H and O–H groups in total. The number of thioether (sulfide) groups is 1. The lowest BCUT2D eigenvalue weighted by atomic mass is 9.84. The van der Waals surface area contributed by atoms with Crippen LogP contribution in [0.2, 0.25) is 0 Å². The van der Waals surface area contributed by atoms with Gasteiger partial charge in [-0.05, 0) is 55.9 Å². The lowest BCUT2D eigenvalue weighted by Gasteiger charge is -2.34. The molecule has 3 nitrogen and oxygen atoms in total. The van der Waals surface area contributed by atoms with E-state index in [0.717, 1.165) is 25.7 Å². The van der Waals surface area contributed by atoms with Crippen molar-refractivity contribution < 1.29 is 4.79 Å². The molecule has 4 heteroatoms. The number of carbonyl (C=O) groups excluding carboxylic acids is 1. The van der Waals surface area contributed by atoms with Crippen LogP contribution < -0.4 is 11.1 Å². The molecular formula is C16H30N2OS. The molecule has 0 aromatic rings. The summed E-state index contributed by atoms with van der Waals surface area (Å²) < 4.78 is 0. The maximum Gasteiger partial charge on any atom is 0.238 e. The van der Waals surface area contributed by atoms with E-state index < -0.39 is 0 Å². The molecule has 1 amide bonds. The van der Waals surface area contributed by atoms with Crippen molar-refractivity contribution in [3.63, 3.8) is 0 Å². The Morgan fingerprint density at radius 3 is 2.75 bits per heavy atom. The third-order valence-electron chi connectivity index (χ3n) is 4.80. The second-order valence-electron chi connectivity index (χ2n) is 6.45. The fourth-order valence-corrected chi connectivity index (χ4v) is 4.49. The first-order valence-electron chi connectivity index (χ1n) is 8.34. The van der Waals surface area contributed by atoms with E-state index in [-0.39, 0.29) is 11.4 Å². The average molecular weight is 298 g/mol. The van der Waals surface area contributed by atoms with E-state index >= 15 is 0 Å². The quantitative estimate of drug-likeness (QED) is 0.609. The van der Waals surface area contributed by atoms with Crippen molar-refractivity contribution in [3.05, 3.63) is 0 Å². The Labute approximate surface area is 127 Å². The van der Waals surface area contributed by atoms with Gasteiger partial charge in [0, 0.05) is 6.04 Å². The number of carbonyl (C=O) groups is 1. The summed E-state index contributed by atoms with van der Waals surface area (Å²) >= 11 is 2.05. The van der Waals surface area contributed by atoms with Crippen LogP contribution in [0, 0.1) is 5.92 Å². The van der Waals surface area contributed by atoms with Gasteiger partial charge in [0.05, 0.1) is 0 Å². The summed E-state index contributed by atoms with van der Waals surface area (Å²) in [5.74, 6) is 2.79. The molecule has 0 radical (unpaired) electrons. The number of nitrogens with one attached hydrogen (secondary N) is 1. The fourth-order valence-electron chi connectivity index (χ4n) is 3.43. The largest absolute Gasteiger partial charge is 0.368 e. The average Bonchev–Trinajstić information content (AvgIpc) is 3.13. The van der Waals surface area contributed by atoms with Gasteiger partial charge in [-0.15, -0.1) is 0 Å². The molecule has 2 rings (SSSR count). The lowest BCUT2D eigenvalue weighted by Crippen LogP contribution is -2.58. The lowest BCUT2D eigenvalue weighted by molar-refractivity contribution is -0.126. The van der Waals surface area contributed by atoms with E-state index in [0.29, 0.717) is 12.0 Å². The molecule has 2 unspecified atom stereocenters. The van der Waals surface area contributed by atoms with Gasteiger partial charge < -0.3 is 11.1 Å². The molecule has 2 aliphatic rings. The summed E-state index contributed by atoms with van der Waals surface area (Å²) in [6, 6.07) is 0.556. The van der Waals surface area contributed by atoms with Gasteiger partial charge in [-0.3, -0.25) is 4.79 Å². The van der Waals surface area contributed by atoms with Crippen molar-refractivity contribution in [3.8, 4) is 0 Å². The molecule has 0 aromatic carbocycles. The van der Waals surface area contributed by atoms with Crippen molar-refractivity contribution in [2.45, 2.75) is 76.3 Å². The van der Waals surface area contributed by atoms with Gasteiger partial charge in [-0.25, -0.2) is 0 Å². The van der Waals surface area contributed by atoms with Crippen molar-refractivity contribution in [2.75, 3.05) is 11.5 Å². The molecule has 2 atom stereocenters. The van der Waals surface area contributed by atoms with Crippen molar-refractivity contribution >= 4 is 17.7 Å². The topological polar surface area (TPSA) is 55.1 Å². The summed E-state index contributed by atoms with van der Waals surface area (Å²) in [5, 5.41) is 3.59. The van der Waals surface area contributed by atoms with Gasteiger partial charge >= 0.3 is 0 Å². The van der Waals surface area contributed by atoms with E-state index in [4.69, 9.17) is 5.73 Å². The van der Waals surface area contributed by atoms with Gasteiger partial charge in [0.15, 0.2) is 0 Å². The Morgan fingerprint density at radius 2 is 2.10 bits per heavy atom. The third kappa shape index (κ3) is 4.14. The Kier molecular flexibility index (Phi) is 6.21. The predicted molar refractivity (Wildman–Crippen MR) is 86.9 cm³/mol. The van der Waals surface area contributed by atoms with Crippen LogP contribution in [0.4, 0.5) is 0 Å². The Morgan fingerprint density at radius 1 is 1.30 bits per heavy atom. The summed E-state index contributed by atoms with van der Waals surface area (Å²) in [6.45, 7) is 2.24. The molecule has 0 bridgehead atoms. The van der Waals surface area contributed by atoms with Crippen LogP contribution >= 0.6 is 11.8 Å².